The summed E-state index contributed by atoms with van der Waals surface area (Å²) < 4.78 is 5.49. The highest BCUT2D eigenvalue weighted by Crippen LogP contribution is 2.39. The van der Waals surface area contributed by atoms with E-state index in [2.05, 4.69) is 19.6 Å². The van der Waals surface area contributed by atoms with Gasteiger partial charge in [-0.25, -0.2) is 4.79 Å². The van der Waals surface area contributed by atoms with Crippen LogP contribution >= 0.6 is 0 Å². The van der Waals surface area contributed by atoms with Crippen LogP contribution in [-0.4, -0.2) is 11.6 Å². The van der Waals surface area contributed by atoms with Gasteiger partial charge in [-0.05, 0) is 32.6 Å². The Bertz CT molecular complexity index is 314. The molecular weight excluding hydrogens is 176 g/mol. The van der Waals surface area contributed by atoms with Crippen molar-refractivity contribution < 1.29 is 9.53 Å². The fourth-order valence-corrected chi connectivity index (χ4v) is 2.11. The van der Waals surface area contributed by atoms with Crippen LogP contribution in [0.4, 0.5) is 0 Å². The van der Waals surface area contributed by atoms with Crippen LogP contribution in [0.1, 0.15) is 39.0 Å². The topological polar surface area (TPSA) is 26.3 Å². The van der Waals surface area contributed by atoms with E-state index in [9.17, 15) is 4.79 Å². The highest BCUT2D eigenvalue weighted by atomic mass is 16.6. The second kappa shape index (κ2) is 3.26. The number of rotatable bonds is 0. The minimum atomic E-state index is -0.197. The molecule has 1 saturated heterocycles. The average Bonchev–Trinajstić information content (AvgIpc) is 2.18. The molecule has 1 unspecified atom stereocenters. The standard InChI is InChI=1S/C12H16O2/c1-9-3-6-12(7-4-9)8-5-10(2)11(13)14-12/h3H,2,4-8H2,1H3. The molecule has 0 amide bonds. The van der Waals surface area contributed by atoms with Gasteiger partial charge in [-0.1, -0.05) is 18.2 Å². The minimum absolute atomic E-state index is 0.191. The molecule has 0 radical (unpaired) electrons. The minimum Gasteiger partial charge on any atom is -0.455 e. The second-order valence-electron chi connectivity index (χ2n) is 4.43. The Morgan fingerprint density at radius 3 is 2.71 bits per heavy atom. The SMILES string of the molecule is C=C1CCC2(CC=C(C)CC2)OC1=O. The maximum Gasteiger partial charge on any atom is 0.333 e. The first-order valence-electron chi connectivity index (χ1n) is 5.18. The Labute approximate surface area is 84.6 Å². The van der Waals surface area contributed by atoms with E-state index in [1.807, 2.05) is 0 Å². The van der Waals surface area contributed by atoms with Crippen LogP contribution in [0.15, 0.2) is 23.8 Å². The fourth-order valence-electron chi connectivity index (χ4n) is 2.11. The van der Waals surface area contributed by atoms with E-state index in [0.29, 0.717) is 5.57 Å². The quantitative estimate of drug-likeness (QED) is 0.335. The molecule has 1 aliphatic carbocycles. The fraction of sp³-hybridized carbons (Fsp3) is 0.583. The third kappa shape index (κ3) is 1.61. The zero-order valence-electron chi connectivity index (χ0n) is 8.64. The summed E-state index contributed by atoms with van der Waals surface area (Å²) in [6.45, 7) is 5.83. The summed E-state index contributed by atoms with van der Waals surface area (Å²) in [5.41, 5.74) is 1.84. The van der Waals surface area contributed by atoms with E-state index < -0.39 is 0 Å². The molecule has 0 N–H and O–H groups in total. The van der Waals surface area contributed by atoms with E-state index in [4.69, 9.17) is 4.74 Å². The lowest BCUT2D eigenvalue weighted by atomic mass is 9.80. The number of carbonyl (C=O) groups excluding carboxylic acids is 1. The molecule has 2 aliphatic rings. The third-order valence-electron chi connectivity index (χ3n) is 3.28. The van der Waals surface area contributed by atoms with E-state index in [-0.39, 0.29) is 11.6 Å². The summed E-state index contributed by atoms with van der Waals surface area (Å²) in [4.78, 5) is 11.4. The van der Waals surface area contributed by atoms with E-state index >= 15 is 0 Å². The Morgan fingerprint density at radius 2 is 2.14 bits per heavy atom. The van der Waals surface area contributed by atoms with Crippen LogP contribution in [0, 0.1) is 0 Å². The average molecular weight is 192 g/mol. The van der Waals surface area contributed by atoms with E-state index in [0.717, 1.165) is 32.1 Å². The second-order valence-corrected chi connectivity index (χ2v) is 4.43. The van der Waals surface area contributed by atoms with Crippen molar-refractivity contribution in [1.82, 2.24) is 0 Å². The summed E-state index contributed by atoms with van der Waals surface area (Å²) in [5.74, 6) is -0.191. The Hall–Kier alpha value is -1.05. The van der Waals surface area contributed by atoms with Gasteiger partial charge in [0.1, 0.15) is 5.60 Å². The van der Waals surface area contributed by atoms with Gasteiger partial charge in [0.05, 0.1) is 0 Å². The molecule has 1 atom stereocenters. The third-order valence-corrected chi connectivity index (χ3v) is 3.28. The van der Waals surface area contributed by atoms with Gasteiger partial charge in [0.15, 0.2) is 0 Å². The summed E-state index contributed by atoms with van der Waals surface area (Å²) in [6, 6.07) is 0. The smallest absolute Gasteiger partial charge is 0.333 e. The summed E-state index contributed by atoms with van der Waals surface area (Å²) in [7, 11) is 0. The molecule has 2 heteroatoms. The number of ether oxygens (including phenoxy) is 1. The molecule has 76 valence electrons. The molecule has 0 aromatic rings. The van der Waals surface area contributed by atoms with Crippen molar-refractivity contribution in [2.45, 2.75) is 44.6 Å². The molecule has 2 rings (SSSR count). The molecule has 1 aliphatic heterocycles. The number of hydrogen-bond acceptors (Lipinski definition) is 2. The molecule has 0 aromatic carbocycles. The van der Waals surface area contributed by atoms with Gasteiger partial charge in [0.2, 0.25) is 0 Å². The number of carbonyl (C=O) groups is 1. The van der Waals surface area contributed by atoms with Crippen molar-refractivity contribution in [3.05, 3.63) is 23.8 Å². The Balaban J connectivity index is 2.12. The van der Waals surface area contributed by atoms with Crippen molar-refractivity contribution in [2.24, 2.45) is 0 Å². The van der Waals surface area contributed by atoms with Crippen molar-refractivity contribution in [2.75, 3.05) is 0 Å². The lowest BCUT2D eigenvalue weighted by molar-refractivity contribution is -0.161. The van der Waals surface area contributed by atoms with Crippen molar-refractivity contribution >= 4 is 5.97 Å². The lowest BCUT2D eigenvalue weighted by Gasteiger charge is -2.39. The first-order valence-corrected chi connectivity index (χ1v) is 5.18. The molecule has 0 aromatic heterocycles. The van der Waals surface area contributed by atoms with E-state index in [1.165, 1.54) is 5.57 Å². The van der Waals surface area contributed by atoms with Crippen LogP contribution < -0.4 is 0 Å². The van der Waals surface area contributed by atoms with Crippen LogP contribution in [0.25, 0.3) is 0 Å². The number of esters is 1. The molecule has 2 nitrogen and oxygen atoms in total. The number of hydrogen-bond donors (Lipinski definition) is 0. The lowest BCUT2D eigenvalue weighted by Crippen LogP contribution is -2.40. The van der Waals surface area contributed by atoms with Gasteiger partial charge in [-0.2, -0.15) is 0 Å². The predicted octanol–water partition coefficient (Wildman–Crippen LogP) is 2.75. The largest absolute Gasteiger partial charge is 0.455 e. The van der Waals surface area contributed by atoms with Gasteiger partial charge >= 0.3 is 5.97 Å². The Kier molecular flexibility index (Phi) is 2.22. The van der Waals surface area contributed by atoms with Crippen LogP contribution in [-0.2, 0) is 9.53 Å². The van der Waals surface area contributed by atoms with Crippen molar-refractivity contribution in [3.8, 4) is 0 Å². The van der Waals surface area contributed by atoms with Crippen LogP contribution in [0.3, 0.4) is 0 Å². The molecular formula is C12H16O2. The van der Waals surface area contributed by atoms with Gasteiger partial charge in [0, 0.05) is 12.0 Å². The first-order chi connectivity index (χ1) is 6.61. The summed E-state index contributed by atoms with van der Waals surface area (Å²) in [6.07, 6.45) is 6.86. The van der Waals surface area contributed by atoms with Gasteiger partial charge in [-0.15, -0.1) is 0 Å². The molecule has 14 heavy (non-hydrogen) atoms. The molecule has 0 saturated carbocycles. The highest BCUT2D eigenvalue weighted by Gasteiger charge is 2.39. The number of allylic oxidation sites excluding steroid dienone is 1. The molecule has 1 spiro atoms. The molecule has 0 bridgehead atoms. The van der Waals surface area contributed by atoms with Gasteiger partial charge < -0.3 is 4.74 Å². The van der Waals surface area contributed by atoms with Gasteiger partial charge in [0.25, 0.3) is 0 Å². The molecule has 1 fully saturated rings. The molecule has 1 heterocycles. The maximum atomic E-state index is 11.4. The Morgan fingerprint density at radius 1 is 1.43 bits per heavy atom. The van der Waals surface area contributed by atoms with Gasteiger partial charge in [-0.3, -0.25) is 0 Å². The van der Waals surface area contributed by atoms with Crippen LogP contribution in [0.2, 0.25) is 0 Å². The normalized spacial score (nSPS) is 32.8. The summed E-state index contributed by atoms with van der Waals surface area (Å²) >= 11 is 0. The predicted molar refractivity (Wildman–Crippen MR) is 54.8 cm³/mol. The van der Waals surface area contributed by atoms with Crippen LogP contribution in [0.5, 0.6) is 0 Å². The monoisotopic (exact) mass is 192 g/mol. The zero-order chi connectivity index (χ0) is 10.2. The van der Waals surface area contributed by atoms with Crippen molar-refractivity contribution in [1.29, 1.82) is 0 Å². The van der Waals surface area contributed by atoms with Crippen molar-refractivity contribution in [3.63, 3.8) is 0 Å². The highest BCUT2D eigenvalue weighted by molar-refractivity contribution is 5.88. The van der Waals surface area contributed by atoms with E-state index in [1.54, 1.807) is 0 Å². The zero-order valence-corrected chi connectivity index (χ0v) is 8.64. The summed E-state index contributed by atoms with van der Waals surface area (Å²) in [5, 5.41) is 0. The maximum absolute atomic E-state index is 11.4. The first kappa shape index (κ1) is 9.50.